The van der Waals surface area contributed by atoms with E-state index in [0.717, 1.165) is 12.0 Å². The van der Waals surface area contributed by atoms with Gasteiger partial charge in [0.25, 0.3) is 11.5 Å². The summed E-state index contributed by atoms with van der Waals surface area (Å²) in [4.78, 5) is 41.1. The number of nitrogens with one attached hydrogen (secondary N) is 2. The van der Waals surface area contributed by atoms with Crippen LogP contribution in [0, 0.1) is 6.92 Å². The Bertz CT molecular complexity index is 1070. The molecule has 0 aliphatic rings. The van der Waals surface area contributed by atoms with E-state index < -0.39 is 5.91 Å². The van der Waals surface area contributed by atoms with Crippen LogP contribution < -0.4 is 16.2 Å². The number of benzene rings is 1. The van der Waals surface area contributed by atoms with Gasteiger partial charge in [-0.25, -0.2) is 4.98 Å². The lowest BCUT2D eigenvalue weighted by molar-refractivity contribution is -0.116. The van der Waals surface area contributed by atoms with Crippen molar-refractivity contribution in [2.24, 2.45) is 0 Å². The lowest BCUT2D eigenvalue weighted by atomic mass is 10.1. The smallest absolute Gasteiger partial charge is 0.281 e. The van der Waals surface area contributed by atoms with E-state index in [1.807, 2.05) is 13.8 Å². The summed E-state index contributed by atoms with van der Waals surface area (Å²) in [7, 11) is 0. The van der Waals surface area contributed by atoms with Crippen molar-refractivity contribution in [2.45, 2.75) is 26.7 Å². The van der Waals surface area contributed by atoms with E-state index in [1.54, 1.807) is 42.6 Å². The fourth-order valence-electron chi connectivity index (χ4n) is 2.64. The first-order chi connectivity index (χ1) is 13.0. The molecule has 2 N–H and O–H groups in total. The van der Waals surface area contributed by atoms with Crippen molar-refractivity contribution < 1.29 is 9.59 Å². The highest BCUT2D eigenvalue weighted by Crippen LogP contribution is 2.18. The molecule has 0 atom stereocenters. The maximum atomic E-state index is 12.6. The lowest BCUT2D eigenvalue weighted by Crippen LogP contribution is -2.23. The van der Waals surface area contributed by atoms with Gasteiger partial charge in [-0.2, -0.15) is 0 Å². The number of fused-ring (bicyclic) bond motifs is 1. The third kappa shape index (κ3) is 4.03. The summed E-state index contributed by atoms with van der Waals surface area (Å²) in [6, 6.07) is 10.2. The molecule has 138 valence electrons. The minimum atomic E-state index is -0.448. The Balaban J connectivity index is 1.85. The topological polar surface area (TPSA) is 92.6 Å². The van der Waals surface area contributed by atoms with Gasteiger partial charge in [-0.05, 0) is 43.2 Å². The molecular formula is C20H20N4O3. The molecule has 0 unspecified atom stereocenters. The van der Waals surface area contributed by atoms with Gasteiger partial charge in [0.1, 0.15) is 11.3 Å². The van der Waals surface area contributed by atoms with Crippen molar-refractivity contribution in [1.82, 2.24) is 9.38 Å². The number of anilines is 2. The van der Waals surface area contributed by atoms with Crippen molar-refractivity contribution in [1.29, 1.82) is 0 Å². The number of hydrogen-bond acceptors (Lipinski definition) is 4. The minimum absolute atomic E-state index is 0.0841. The Morgan fingerprint density at radius 2 is 1.93 bits per heavy atom. The summed E-state index contributed by atoms with van der Waals surface area (Å²) >= 11 is 0. The van der Waals surface area contributed by atoms with Gasteiger partial charge in [-0.3, -0.25) is 18.8 Å². The van der Waals surface area contributed by atoms with Crippen LogP contribution in [0.25, 0.3) is 5.65 Å². The molecule has 2 amide bonds. The molecule has 0 bridgehead atoms. The third-order valence-corrected chi connectivity index (χ3v) is 4.11. The maximum Gasteiger partial charge on any atom is 0.281 e. The Labute approximate surface area is 156 Å². The van der Waals surface area contributed by atoms with Crippen molar-refractivity contribution in [3.05, 3.63) is 70.3 Å². The lowest BCUT2D eigenvalue weighted by Gasteiger charge is -2.11. The van der Waals surface area contributed by atoms with Crippen LogP contribution in [0.1, 0.15) is 35.7 Å². The van der Waals surface area contributed by atoms with E-state index in [4.69, 9.17) is 0 Å². The summed E-state index contributed by atoms with van der Waals surface area (Å²) in [6.45, 7) is 3.77. The fraction of sp³-hybridized carbons (Fsp3) is 0.200. The zero-order valence-corrected chi connectivity index (χ0v) is 15.2. The second kappa shape index (κ2) is 7.82. The Hall–Kier alpha value is -3.48. The quantitative estimate of drug-likeness (QED) is 0.728. The summed E-state index contributed by atoms with van der Waals surface area (Å²) in [5.74, 6) is -0.550. The minimum Gasteiger partial charge on any atom is -0.326 e. The van der Waals surface area contributed by atoms with Crippen LogP contribution in [0.3, 0.4) is 0 Å². The largest absolute Gasteiger partial charge is 0.326 e. The average Bonchev–Trinajstić information content (AvgIpc) is 2.66. The molecule has 7 heteroatoms. The number of carbonyl (C=O) groups excluding carboxylic acids is 2. The standard InChI is InChI=1S/C20H20N4O3/c1-3-6-18(25)22-15-11-14(9-8-13(15)2)19(26)23-16-12-21-17-7-4-5-10-24(17)20(16)27/h4-5,7-12H,3,6H2,1-2H3,(H,22,25)(H,23,26). The molecule has 0 aliphatic heterocycles. The monoisotopic (exact) mass is 364 g/mol. The second-order valence-electron chi connectivity index (χ2n) is 6.19. The fourth-order valence-corrected chi connectivity index (χ4v) is 2.64. The number of rotatable bonds is 5. The van der Waals surface area contributed by atoms with Gasteiger partial charge in [0.05, 0.1) is 6.20 Å². The number of amides is 2. The summed E-state index contributed by atoms with van der Waals surface area (Å²) in [6.07, 6.45) is 4.08. The van der Waals surface area contributed by atoms with Crippen molar-refractivity contribution in [3.8, 4) is 0 Å². The van der Waals surface area contributed by atoms with Crippen molar-refractivity contribution >= 4 is 28.8 Å². The van der Waals surface area contributed by atoms with Gasteiger partial charge < -0.3 is 10.6 Å². The highest BCUT2D eigenvalue weighted by Gasteiger charge is 2.13. The molecule has 0 aliphatic carbocycles. The first-order valence-corrected chi connectivity index (χ1v) is 8.68. The number of hydrogen-bond donors (Lipinski definition) is 2. The maximum absolute atomic E-state index is 12.6. The molecule has 3 rings (SSSR count). The second-order valence-corrected chi connectivity index (χ2v) is 6.19. The summed E-state index contributed by atoms with van der Waals surface area (Å²) in [5, 5.41) is 5.41. The third-order valence-electron chi connectivity index (χ3n) is 4.11. The molecule has 0 spiro atoms. The van der Waals surface area contributed by atoms with Crippen LogP contribution in [0.2, 0.25) is 0 Å². The molecule has 0 radical (unpaired) electrons. The molecule has 27 heavy (non-hydrogen) atoms. The van der Waals surface area contributed by atoms with E-state index in [0.29, 0.717) is 23.3 Å². The average molecular weight is 364 g/mol. The van der Waals surface area contributed by atoms with Crippen molar-refractivity contribution in [3.63, 3.8) is 0 Å². The zero-order chi connectivity index (χ0) is 19.4. The molecule has 0 saturated carbocycles. The van der Waals surface area contributed by atoms with Gasteiger partial charge in [0.2, 0.25) is 5.91 Å². The molecular weight excluding hydrogens is 344 g/mol. The van der Waals surface area contributed by atoms with Crippen LogP contribution in [0.15, 0.2) is 53.6 Å². The Morgan fingerprint density at radius 3 is 2.70 bits per heavy atom. The molecule has 0 saturated heterocycles. The number of nitrogens with zero attached hydrogens (tertiary/aromatic N) is 2. The predicted molar refractivity (Wildman–Crippen MR) is 104 cm³/mol. The molecule has 3 aromatic rings. The first-order valence-electron chi connectivity index (χ1n) is 8.68. The van der Waals surface area contributed by atoms with Crippen LogP contribution in [0.5, 0.6) is 0 Å². The Kier molecular flexibility index (Phi) is 5.30. The van der Waals surface area contributed by atoms with Gasteiger partial charge >= 0.3 is 0 Å². The molecule has 2 aromatic heterocycles. The van der Waals surface area contributed by atoms with Crippen LogP contribution >= 0.6 is 0 Å². The van der Waals surface area contributed by atoms with Crippen molar-refractivity contribution in [2.75, 3.05) is 10.6 Å². The van der Waals surface area contributed by atoms with E-state index in [2.05, 4.69) is 15.6 Å². The van der Waals surface area contributed by atoms with Gasteiger partial charge in [-0.1, -0.05) is 19.1 Å². The van der Waals surface area contributed by atoms with E-state index in [9.17, 15) is 14.4 Å². The van der Waals surface area contributed by atoms with E-state index in [-0.39, 0.29) is 17.2 Å². The van der Waals surface area contributed by atoms with Gasteiger partial charge in [0.15, 0.2) is 0 Å². The number of carbonyl (C=O) groups is 2. The molecule has 2 heterocycles. The number of aryl methyl sites for hydroxylation is 1. The SMILES string of the molecule is CCCC(=O)Nc1cc(C(=O)Nc2cnc3ccccn3c2=O)ccc1C. The first kappa shape index (κ1) is 18.3. The normalized spacial score (nSPS) is 10.6. The van der Waals surface area contributed by atoms with Crippen LogP contribution in [0.4, 0.5) is 11.4 Å². The van der Waals surface area contributed by atoms with E-state index >= 15 is 0 Å². The highest BCUT2D eigenvalue weighted by molar-refractivity contribution is 6.05. The summed E-state index contributed by atoms with van der Waals surface area (Å²) < 4.78 is 1.36. The molecule has 0 fully saturated rings. The Morgan fingerprint density at radius 1 is 1.11 bits per heavy atom. The van der Waals surface area contributed by atoms with Crippen LogP contribution in [-0.4, -0.2) is 21.2 Å². The highest BCUT2D eigenvalue weighted by atomic mass is 16.2. The van der Waals surface area contributed by atoms with Crippen LogP contribution in [-0.2, 0) is 4.79 Å². The predicted octanol–water partition coefficient (Wildman–Crippen LogP) is 2.99. The molecule has 1 aromatic carbocycles. The van der Waals surface area contributed by atoms with Gasteiger partial charge in [-0.15, -0.1) is 0 Å². The number of pyridine rings is 1. The summed E-state index contributed by atoms with van der Waals surface area (Å²) in [5.41, 5.74) is 1.98. The molecule has 7 nitrogen and oxygen atoms in total. The van der Waals surface area contributed by atoms with E-state index in [1.165, 1.54) is 10.6 Å². The number of aromatic nitrogens is 2. The van der Waals surface area contributed by atoms with Gasteiger partial charge in [0, 0.05) is 23.9 Å². The zero-order valence-electron chi connectivity index (χ0n) is 15.2.